The van der Waals surface area contributed by atoms with Gasteiger partial charge in [-0.2, -0.15) is 0 Å². The second-order valence-electron chi connectivity index (χ2n) is 8.98. The van der Waals surface area contributed by atoms with Crippen LogP contribution in [0.2, 0.25) is 0 Å². The fraction of sp³-hybridized carbons (Fsp3) is 0.286. The zero-order valence-corrected chi connectivity index (χ0v) is 19.6. The molecule has 2 heterocycles. The lowest BCUT2D eigenvalue weighted by molar-refractivity contribution is -0.117. The molecule has 1 aliphatic heterocycles. The van der Waals surface area contributed by atoms with Gasteiger partial charge < -0.3 is 14.6 Å². The number of likely N-dealkylation sites (tertiary alicyclic amines) is 1. The molecule has 0 spiro atoms. The van der Waals surface area contributed by atoms with E-state index in [1.807, 2.05) is 48.5 Å². The molecule has 0 aliphatic carbocycles. The average Bonchev–Trinajstić information content (AvgIpc) is 3.23. The van der Waals surface area contributed by atoms with E-state index in [0.29, 0.717) is 12.5 Å². The summed E-state index contributed by atoms with van der Waals surface area (Å²) in [6.45, 7) is 3.21. The highest BCUT2D eigenvalue weighted by atomic mass is 19.1. The van der Waals surface area contributed by atoms with E-state index in [2.05, 4.69) is 20.9 Å². The van der Waals surface area contributed by atoms with Gasteiger partial charge in [-0.25, -0.2) is 9.37 Å². The number of rotatable bonds is 8. The monoisotopic (exact) mass is 472 g/mol. The molecule has 6 nitrogen and oxygen atoms in total. The Morgan fingerprint density at radius 3 is 2.49 bits per heavy atom. The number of imidazole rings is 1. The maximum Gasteiger partial charge on any atom is 0.238 e. The summed E-state index contributed by atoms with van der Waals surface area (Å²) in [5.74, 6) is 1.62. The number of piperidine rings is 1. The van der Waals surface area contributed by atoms with Gasteiger partial charge in [0.05, 0.1) is 23.3 Å². The van der Waals surface area contributed by atoms with Gasteiger partial charge in [0.15, 0.2) is 0 Å². The lowest BCUT2D eigenvalue weighted by Gasteiger charge is -2.32. The summed E-state index contributed by atoms with van der Waals surface area (Å²) in [6, 6.07) is 24.2. The molecule has 1 aliphatic rings. The van der Waals surface area contributed by atoms with Crippen molar-refractivity contribution < 1.29 is 13.9 Å². The lowest BCUT2D eigenvalue weighted by atomic mass is 9.96. The molecule has 0 bridgehead atoms. The van der Waals surface area contributed by atoms with Crippen molar-refractivity contribution >= 4 is 22.6 Å². The van der Waals surface area contributed by atoms with Crippen molar-refractivity contribution in [1.29, 1.82) is 0 Å². The minimum atomic E-state index is -0.417. The SMILES string of the molecule is O=C(CN1CCC(Cn2c(COc3ccccc3)nc3ccccc32)CC1)Nc1ccccc1F. The van der Waals surface area contributed by atoms with E-state index in [4.69, 9.17) is 9.72 Å². The first-order chi connectivity index (χ1) is 17.2. The number of hydrogen-bond donors (Lipinski definition) is 1. The Morgan fingerprint density at radius 2 is 1.69 bits per heavy atom. The second-order valence-corrected chi connectivity index (χ2v) is 8.98. The number of fused-ring (bicyclic) bond motifs is 1. The van der Waals surface area contributed by atoms with Crippen LogP contribution in [-0.2, 0) is 17.9 Å². The molecule has 1 saturated heterocycles. The number of aromatic nitrogens is 2. The molecule has 0 unspecified atom stereocenters. The number of carbonyl (C=O) groups is 1. The highest BCUT2D eigenvalue weighted by molar-refractivity contribution is 5.92. The highest BCUT2D eigenvalue weighted by Gasteiger charge is 2.23. The highest BCUT2D eigenvalue weighted by Crippen LogP contribution is 2.24. The molecular weight excluding hydrogens is 443 g/mol. The van der Waals surface area contributed by atoms with Gasteiger partial charge in [-0.3, -0.25) is 9.69 Å². The Bertz CT molecular complexity index is 1280. The first kappa shape index (κ1) is 23.1. The van der Waals surface area contributed by atoms with Crippen LogP contribution in [0.3, 0.4) is 0 Å². The third-order valence-corrected chi connectivity index (χ3v) is 6.51. The van der Waals surface area contributed by atoms with Gasteiger partial charge in [-0.15, -0.1) is 0 Å². The number of nitrogens with one attached hydrogen (secondary N) is 1. The number of anilines is 1. The number of nitrogens with zero attached hydrogens (tertiary/aromatic N) is 3. The molecular formula is C28H29FN4O2. The molecule has 35 heavy (non-hydrogen) atoms. The van der Waals surface area contributed by atoms with Gasteiger partial charge in [-0.05, 0) is 68.2 Å². The van der Waals surface area contributed by atoms with Gasteiger partial charge in [0.25, 0.3) is 0 Å². The quantitative estimate of drug-likeness (QED) is 0.387. The number of benzene rings is 3. The van der Waals surface area contributed by atoms with Crippen molar-refractivity contribution in [3.8, 4) is 5.75 Å². The topological polar surface area (TPSA) is 59.4 Å². The van der Waals surface area contributed by atoms with Gasteiger partial charge in [0.1, 0.15) is 24.0 Å². The molecule has 4 aromatic rings. The lowest BCUT2D eigenvalue weighted by Crippen LogP contribution is -2.40. The zero-order chi connectivity index (χ0) is 24.0. The molecule has 0 saturated carbocycles. The maximum atomic E-state index is 13.8. The van der Waals surface area contributed by atoms with Gasteiger partial charge >= 0.3 is 0 Å². The Balaban J connectivity index is 1.19. The van der Waals surface area contributed by atoms with Crippen LogP contribution in [-0.4, -0.2) is 40.0 Å². The van der Waals surface area contributed by atoms with E-state index in [1.54, 1.807) is 18.2 Å². The summed E-state index contributed by atoms with van der Waals surface area (Å²) in [7, 11) is 0. The van der Waals surface area contributed by atoms with Crippen molar-refractivity contribution in [2.24, 2.45) is 5.92 Å². The minimum Gasteiger partial charge on any atom is -0.486 e. The zero-order valence-electron chi connectivity index (χ0n) is 19.6. The van der Waals surface area contributed by atoms with E-state index in [1.165, 1.54) is 6.07 Å². The number of carbonyl (C=O) groups excluding carboxylic acids is 1. The van der Waals surface area contributed by atoms with E-state index < -0.39 is 5.82 Å². The van der Waals surface area contributed by atoms with Crippen LogP contribution in [0.4, 0.5) is 10.1 Å². The van der Waals surface area contributed by atoms with Crippen LogP contribution in [0.15, 0.2) is 78.9 Å². The number of amides is 1. The van der Waals surface area contributed by atoms with Gasteiger partial charge in [0.2, 0.25) is 5.91 Å². The van der Waals surface area contributed by atoms with Crippen molar-refractivity contribution in [3.63, 3.8) is 0 Å². The Kier molecular flexibility index (Phi) is 7.04. The summed E-state index contributed by atoms with van der Waals surface area (Å²) >= 11 is 0. The van der Waals surface area contributed by atoms with Crippen molar-refractivity contribution in [2.75, 3.05) is 25.0 Å². The Hall–Kier alpha value is -3.71. The van der Waals surface area contributed by atoms with Crippen LogP contribution >= 0.6 is 0 Å². The van der Waals surface area contributed by atoms with E-state index in [0.717, 1.165) is 55.1 Å². The number of para-hydroxylation sites is 4. The summed E-state index contributed by atoms with van der Waals surface area (Å²) in [6.07, 6.45) is 1.97. The van der Waals surface area contributed by atoms with Crippen LogP contribution in [0.25, 0.3) is 11.0 Å². The molecule has 7 heteroatoms. The fourth-order valence-electron chi connectivity index (χ4n) is 4.64. The molecule has 1 fully saturated rings. The number of halogens is 1. The third kappa shape index (κ3) is 5.69. The predicted octanol–water partition coefficient (Wildman–Crippen LogP) is 5.11. The molecule has 1 aromatic heterocycles. The largest absolute Gasteiger partial charge is 0.486 e. The molecule has 3 aromatic carbocycles. The first-order valence-corrected chi connectivity index (χ1v) is 12.0. The van der Waals surface area contributed by atoms with E-state index in [9.17, 15) is 9.18 Å². The first-order valence-electron chi connectivity index (χ1n) is 12.0. The van der Waals surface area contributed by atoms with Crippen LogP contribution in [0.5, 0.6) is 5.75 Å². The summed E-state index contributed by atoms with van der Waals surface area (Å²) in [4.78, 5) is 19.4. The molecule has 1 amide bonds. The standard InChI is InChI=1S/C28H29FN4O2/c29-23-10-4-5-11-24(23)31-28(34)19-32-16-14-21(15-17-32)18-33-26-13-7-6-12-25(26)30-27(33)20-35-22-8-2-1-3-9-22/h1-13,21H,14-20H2,(H,31,34). The third-order valence-electron chi connectivity index (χ3n) is 6.51. The van der Waals surface area contributed by atoms with Crippen molar-refractivity contribution in [1.82, 2.24) is 14.5 Å². The fourth-order valence-corrected chi connectivity index (χ4v) is 4.64. The molecule has 1 N–H and O–H groups in total. The molecule has 0 atom stereocenters. The smallest absolute Gasteiger partial charge is 0.238 e. The van der Waals surface area contributed by atoms with Crippen LogP contribution in [0.1, 0.15) is 18.7 Å². The van der Waals surface area contributed by atoms with Gasteiger partial charge in [0, 0.05) is 6.54 Å². The normalized spacial score (nSPS) is 14.8. The number of hydrogen-bond acceptors (Lipinski definition) is 4. The Morgan fingerprint density at radius 1 is 0.971 bits per heavy atom. The molecule has 180 valence electrons. The predicted molar refractivity (Wildman–Crippen MR) is 135 cm³/mol. The summed E-state index contributed by atoms with van der Waals surface area (Å²) < 4.78 is 22.1. The summed E-state index contributed by atoms with van der Waals surface area (Å²) in [5.41, 5.74) is 2.32. The molecule has 5 rings (SSSR count). The number of ether oxygens (including phenoxy) is 1. The average molecular weight is 473 g/mol. The second kappa shape index (κ2) is 10.7. The van der Waals surface area contributed by atoms with Crippen molar-refractivity contribution in [2.45, 2.75) is 26.0 Å². The maximum absolute atomic E-state index is 13.8. The van der Waals surface area contributed by atoms with Crippen LogP contribution in [0, 0.1) is 11.7 Å². The minimum absolute atomic E-state index is 0.186. The Labute approximate surface area is 204 Å². The van der Waals surface area contributed by atoms with Crippen LogP contribution < -0.4 is 10.1 Å². The van der Waals surface area contributed by atoms with Gasteiger partial charge in [-0.1, -0.05) is 42.5 Å². The van der Waals surface area contributed by atoms with E-state index in [-0.39, 0.29) is 18.1 Å². The molecule has 0 radical (unpaired) electrons. The van der Waals surface area contributed by atoms with E-state index >= 15 is 0 Å². The summed E-state index contributed by atoms with van der Waals surface area (Å²) in [5, 5.41) is 2.68. The van der Waals surface area contributed by atoms with Crippen molar-refractivity contribution in [3.05, 3.63) is 90.5 Å².